The van der Waals surface area contributed by atoms with Crippen LogP contribution in [0.3, 0.4) is 0 Å². The molecule has 3 aromatic rings. The Morgan fingerprint density at radius 1 is 1.10 bits per heavy atom. The number of hydrogen-bond donors (Lipinski definition) is 1. The van der Waals surface area contributed by atoms with E-state index in [1.165, 1.54) is 5.56 Å². The maximum absolute atomic E-state index is 6.06. The van der Waals surface area contributed by atoms with Gasteiger partial charge in [0.1, 0.15) is 5.03 Å². The summed E-state index contributed by atoms with van der Waals surface area (Å²) in [6, 6.07) is 18.2. The van der Waals surface area contributed by atoms with Crippen molar-refractivity contribution in [3.8, 4) is 0 Å². The van der Waals surface area contributed by atoms with Gasteiger partial charge < -0.3 is 5.32 Å². The van der Waals surface area contributed by atoms with Gasteiger partial charge in [0.2, 0.25) is 0 Å². The number of nitrogens with zero attached hydrogens (tertiary/aromatic N) is 1. The average molecular weight is 315 g/mol. The summed E-state index contributed by atoms with van der Waals surface area (Å²) in [6.07, 6.45) is 0. The summed E-state index contributed by atoms with van der Waals surface area (Å²) in [5.74, 6) is 0. The minimum atomic E-state index is 0.746. The Morgan fingerprint density at radius 3 is 2.76 bits per heavy atom. The quantitative estimate of drug-likeness (QED) is 0.751. The molecule has 0 aliphatic carbocycles. The average Bonchev–Trinajstić information content (AvgIpc) is 2.48. The predicted octanol–water partition coefficient (Wildman–Crippen LogP) is 4.76. The maximum atomic E-state index is 6.06. The van der Waals surface area contributed by atoms with E-state index >= 15 is 0 Å². The summed E-state index contributed by atoms with van der Waals surface area (Å²) in [5.41, 5.74) is 2.21. The fourth-order valence-corrected chi connectivity index (χ4v) is 3.41. The zero-order valence-corrected chi connectivity index (χ0v) is 13.2. The molecule has 2 nitrogen and oxygen atoms in total. The van der Waals surface area contributed by atoms with Gasteiger partial charge in [0.25, 0.3) is 0 Å². The van der Waals surface area contributed by atoms with Crippen molar-refractivity contribution in [2.75, 3.05) is 7.05 Å². The first-order valence-corrected chi connectivity index (χ1v) is 7.92. The molecule has 0 spiro atoms. The molecular weight excluding hydrogens is 300 g/mol. The fourth-order valence-electron chi connectivity index (χ4n) is 2.19. The Labute approximate surface area is 133 Å². The van der Waals surface area contributed by atoms with Crippen molar-refractivity contribution in [2.45, 2.75) is 16.5 Å². The van der Waals surface area contributed by atoms with Crippen LogP contribution in [-0.4, -0.2) is 12.0 Å². The van der Waals surface area contributed by atoms with Crippen LogP contribution >= 0.6 is 23.4 Å². The van der Waals surface area contributed by atoms with Gasteiger partial charge in [-0.15, -0.1) is 0 Å². The van der Waals surface area contributed by atoms with Crippen LogP contribution in [0.5, 0.6) is 0 Å². The van der Waals surface area contributed by atoms with Crippen LogP contribution in [0.1, 0.15) is 5.56 Å². The van der Waals surface area contributed by atoms with E-state index in [0.29, 0.717) is 0 Å². The van der Waals surface area contributed by atoms with E-state index in [2.05, 4.69) is 23.5 Å². The number of halogens is 1. The molecule has 0 unspecified atom stereocenters. The number of pyridine rings is 1. The van der Waals surface area contributed by atoms with E-state index in [-0.39, 0.29) is 0 Å². The van der Waals surface area contributed by atoms with Gasteiger partial charge in [-0.25, -0.2) is 4.98 Å². The van der Waals surface area contributed by atoms with Gasteiger partial charge >= 0.3 is 0 Å². The van der Waals surface area contributed by atoms with Crippen LogP contribution in [-0.2, 0) is 6.54 Å². The molecule has 0 saturated heterocycles. The third-order valence-electron chi connectivity index (χ3n) is 3.14. The number of nitrogens with one attached hydrogen (secondary N) is 1. The molecule has 1 heterocycles. The molecule has 0 bridgehead atoms. The lowest BCUT2D eigenvalue weighted by atomic mass is 10.1. The van der Waals surface area contributed by atoms with Crippen molar-refractivity contribution in [3.05, 3.63) is 65.2 Å². The first-order valence-electron chi connectivity index (χ1n) is 6.73. The highest BCUT2D eigenvalue weighted by Crippen LogP contribution is 2.32. The van der Waals surface area contributed by atoms with Crippen LogP contribution in [0.25, 0.3) is 10.9 Å². The van der Waals surface area contributed by atoms with Gasteiger partial charge in [0.05, 0.1) is 5.52 Å². The van der Waals surface area contributed by atoms with Gasteiger partial charge in [-0.2, -0.15) is 0 Å². The summed E-state index contributed by atoms with van der Waals surface area (Å²) in [4.78, 5) is 5.90. The van der Waals surface area contributed by atoms with Crippen LogP contribution in [0.15, 0.2) is 64.5 Å². The number of aromatic nitrogens is 1. The Kier molecular flexibility index (Phi) is 4.44. The van der Waals surface area contributed by atoms with Crippen LogP contribution in [0, 0.1) is 0 Å². The molecule has 3 rings (SSSR count). The second-order valence-corrected chi connectivity index (χ2v) is 6.23. The molecule has 0 saturated carbocycles. The molecule has 4 heteroatoms. The Bertz CT molecular complexity index is 774. The lowest BCUT2D eigenvalue weighted by Gasteiger charge is -2.10. The molecule has 106 valence electrons. The normalized spacial score (nSPS) is 11.0. The SMILES string of the molecule is CNCc1cc2ccccc2nc1Sc1cccc(Cl)c1. The van der Waals surface area contributed by atoms with Crippen molar-refractivity contribution in [1.82, 2.24) is 10.3 Å². The van der Waals surface area contributed by atoms with Crippen molar-refractivity contribution < 1.29 is 0 Å². The Hall–Kier alpha value is -1.55. The monoisotopic (exact) mass is 314 g/mol. The summed E-state index contributed by atoms with van der Waals surface area (Å²) >= 11 is 7.71. The largest absolute Gasteiger partial charge is 0.316 e. The van der Waals surface area contributed by atoms with Crippen LogP contribution < -0.4 is 5.32 Å². The third kappa shape index (κ3) is 3.38. The highest BCUT2D eigenvalue weighted by molar-refractivity contribution is 7.99. The van der Waals surface area contributed by atoms with E-state index in [0.717, 1.165) is 32.4 Å². The van der Waals surface area contributed by atoms with Gasteiger partial charge in [-0.3, -0.25) is 0 Å². The summed E-state index contributed by atoms with van der Waals surface area (Å²) < 4.78 is 0. The highest BCUT2D eigenvalue weighted by atomic mass is 35.5. The van der Waals surface area contributed by atoms with Crippen LogP contribution in [0.2, 0.25) is 5.02 Å². The minimum absolute atomic E-state index is 0.746. The molecule has 0 atom stereocenters. The van der Waals surface area contributed by atoms with Crippen molar-refractivity contribution in [2.24, 2.45) is 0 Å². The molecule has 0 amide bonds. The minimum Gasteiger partial charge on any atom is -0.316 e. The maximum Gasteiger partial charge on any atom is 0.106 e. The van der Waals surface area contributed by atoms with Gasteiger partial charge in [-0.1, -0.05) is 47.6 Å². The zero-order valence-electron chi connectivity index (χ0n) is 11.6. The molecule has 1 aromatic heterocycles. The van der Waals surface area contributed by atoms with Crippen molar-refractivity contribution in [3.63, 3.8) is 0 Å². The molecule has 21 heavy (non-hydrogen) atoms. The molecule has 0 fully saturated rings. The van der Waals surface area contributed by atoms with Crippen LogP contribution in [0.4, 0.5) is 0 Å². The summed E-state index contributed by atoms with van der Waals surface area (Å²) in [5, 5.41) is 6.14. The van der Waals surface area contributed by atoms with Gasteiger partial charge in [-0.05, 0) is 42.9 Å². The van der Waals surface area contributed by atoms with E-state index in [1.54, 1.807) is 11.8 Å². The zero-order chi connectivity index (χ0) is 14.7. The number of hydrogen-bond acceptors (Lipinski definition) is 3. The lowest BCUT2D eigenvalue weighted by Crippen LogP contribution is -2.07. The number of benzene rings is 2. The molecular formula is C17H15ClN2S. The lowest BCUT2D eigenvalue weighted by molar-refractivity contribution is 0.794. The molecule has 0 aliphatic heterocycles. The highest BCUT2D eigenvalue weighted by Gasteiger charge is 2.08. The molecule has 2 aromatic carbocycles. The Morgan fingerprint density at radius 2 is 1.95 bits per heavy atom. The Balaban J connectivity index is 2.04. The van der Waals surface area contributed by atoms with E-state index in [1.807, 2.05) is 43.4 Å². The van der Waals surface area contributed by atoms with Crippen molar-refractivity contribution >= 4 is 34.3 Å². The fraction of sp³-hybridized carbons (Fsp3) is 0.118. The summed E-state index contributed by atoms with van der Waals surface area (Å²) in [7, 11) is 1.95. The molecule has 1 N–H and O–H groups in total. The van der Waals surface area contributed by atoms with E-state index < -0.39 is 0 Å². The first kappa shape index (κ1) is 14.4. The summed E-state index contributed by atoms with van der Waals surface area (Å²) in [6.45, 7) is 0.792. The predicted molar refractivity (Wildman–Crippen MR) is 90.1 cm³/mol. The first-order chi connectivity index (χ1) is 10.3. The standard InChI is InChI=1S/C17H15ClN2S/c1-19-11-13-9-12-5-2-3-8-16(12)20-17(13)21-15-7-4-6-14(18)10-15/h2-10,19H,11H2,1H3. The third-order valence-corrected chi connectivity index (χ3v) is 4.41. The van der Waals surface area contributed by atoms with Crippen molar-refractivity contribution in [1.29, 1.82) is 0 Å². The molecule has 0 aliphatic rings. The molecule has 0 radical (unpaired) electrons. The number of para-hydroxylation sites is 1. The number of rotatable bonds is 4. The second kappa shape index (κ2) is 6.48. The van der Waals surface area contributed by atoms with Gasteiger partial charge in [0, 0.05) is 21.8 Å². The van der Waals surface area contributed by atoms with E-state index in [4.69, 9.17) is 16.6 Å². The second-order valence-electron chi connectivity index (χ2n) is 4.74. The van der Waals surface area contributed by atoms with Gasteiger partial charge in [0.15, 0.2) is 0 Å². The topological polar surface area (TPSA) is 24.9 Å². The van der Waals surface area contributed by atoms with E-state index in [9.17, 15) is 0 Å². The number of fused-ring (bicyclic) bond motifs is 1. The smallest absolute Gasteiger partial charge is 0.106 e.